The van der Waals surface area contributed by atoms with Crippen LogP contribution in [0.15, 0.2) is 78.9 Å². The molecule has 1 fully saturated rings. The van der Waals surface area contributed by atoms with Gasteiger partial charge in [0.15, 0.2) is 12.4 Å². The fraction of sp³-hybridized carbons (Fsp3) is 0.207. The molecule has 0 bridgehead atoms. The fourth-order valence-electron chi connectivity index (χ4n) is 3.89. The van der Waals surface area contributed by atoms with E-state index in [9.17, 15) is 24.0 Å². The van der Waals surface area contributed by atoms with Gasteiger partial charge in [-0.25, -0.2) is 9.59 Å². The van der Waals surface area contributed by atoms with Gasteiger partial charge in [0.2, 0.25) is 5.91 Å². The minimum atomic E-state index is -0.722. The monoisotopic (exact) mass is 515 g/mol. The summed E-state index contributed by atoms with van der Waals surface area (Å²) in [6.07, 6.45) is -0.0475. The van der Waals surface area contributed by atoms with Crippen LogP contribution in [0.5, 0.6) is 5.75 Å². The lowest BCUT2D eigenvalue weighted by molar-refractivity contribution is -0.147. The van der Waals surface area contributed by atoms with Crippen LogP contribution in [-0.4, -0.2) is 49.4 Å². The van der Waals surface area contributed by atoms with Crippen LogP contribution >= 0.6 is 0 Å². The van der Waals surface area contributed by atoms with Gasteiger partial charge in [0.25, 0.3) is 0 Å². The molecule has 0 spiro atoms. The van der Waals surface area contributed by atoms with Crippen molar-refractivity contribution in [2.45, 2.75) is 13.3 Å². The normalized spacial score (nSPS) is 14.6. The number of carbonyl (C=O) groups is 5. The van der Waals surface area contributed by atoms with Crippen LogP contribution < -0.4 is 9.64 Å². The summed E-state index contributed by atoms with van der Waals surface area (Å²) in [5.74, 6) is -2.77. The molecule has 38 heavy (non-hydrogen) atoms. The van der Waals surface area contributed by atoms with Crippen molar-refractivity contribution in [3.63, 3.8) is 0 Å². The number of rotatable bonds is 9. The lowest BCUT2D eigenvalue weighted by atomic mass is 10.1. The van der Waals surface area contributed by atoms with E-state index in [4.69, 9.17) is 14.2 Å². The molecule has 0 N–H and O–H groups in total. The van der Waals surface area contributed by atoms with Crippen molar-refractivity contribution in [1.82, 2.24) is 0 Å². The predicted molar refractivity (Wildman–Crippen MR) is 136 cm³/mol. The van der Waals surface area contributed by atoms with Crippen LogP contribution in [0.25, 0.3) is 0 Å². The van der Waals surface area contributed by atoms with Crippen LogP contribution in [0.1, 0.15) is 44.4 Å². The molecule has 1 atom stereocenters. The molecule has 0 aliphatic carbocycles. The zero-order valence-electron chi connectivity index (χ0n) is 20.6. The molecule has 4 rings (SSSR count). The minimum absolute atomic E-state index is 0.0475. The van der Waals surface area contributed by atoms with Gasteiger partial charge in [-0.1, -0.05) is 18.2 Å². The largest absolute Gasteiger partial charge is 0.462 e. The first-order valence-corrected chi connectivity index (χ1v) is 12.0. The first kappa shape index (κ1) is 26.3. The number of hydrogen-bond acceptors (Lipinski definition) is 8. The highest BCUT2D eigenvalue weighted by atomic mass is 16.5. The first-order valence-electron chi connectivity index (χ1n) is 12.0. The summed E-state index contributed by atoms with van der Waals surface area (Å²) in [7, 11) is 0. The molecule has 1 heterocycles. The van der Waals surface area contributed by atoms with Crippen LogP contribution in [0.2, 0.25) is 0 Å². The third-order valence-electron chi connectivity index (χ3n) is 5.89. The van der Waals surface area contributed by atoms with Gasteiger partial charge >= 0.3 is 17.9 Å². The molecule has 0 radical (unpaired) electrons. The van der Waals surface area contributed by atoms with E-state index in [1.165, 1.54) is 29.2 Å². The summed E-state index contributed by atoms with van der Waals surface area (Å²) in [6.45, 7) is 1.59. The number of esters is 3. The number of anilines is 1. The summed E-state index contributed by atoms with van der Waals surface area (Å²) in [4.78, 5) is 63.0. The van der Waals surface area contributed by atoms with Crippen LogP contribution in [0, 0.1) is 5.92 Å². The number of ether oxygens (including phenoxy) is 3. The van der Waals surface area contributed by atoms with Gasteiger partial charge < -0.3 is 19.1 Å². The third-order valence-corrected chi connectivity index (χ3v) is 5.89. The Labute approximate surface area is 218 Å². The second kappa shape index (κ2) is 12.0. The summed E-state index contributed by atoms with van der Waals surface area (Å²) in [6, 6.07) is 20.8. The highest BCUT2D eigenvalue weighted by Crippen LogP contribution is 2.26. The highest BCUT2D eigenvalue weighted by molar-refractivity contribution is 6.01. The van der Waals surface area contributed by atoms with E-state index in [-0.39, 0.29) is 36.8 Å². The Balaban J connectivity index is 1.28. The Morgan fingerprint density at radius 3 is 2.08 bits per heavy atom. The Bertz CT molecular complexity index is 1330. The van der Waals surface area contributed by atoms with E-state index in [0.29, 0.717) is 16.8 Å². The maximum absolute atomic E-state index is 12.6. The molecule has 1 amide bonds. The molecule has 0 saturated carbocycles. The molecule has 1 saturated heterocycles. The van der Waals surface area contributed by atoms with E-state index in [2.05, 4.69) is 0 Å². The second-order valence-electron chi connectivity index (χ2n) is 8.48. The molecular weight excluding hydrogens is 490 g/mol. The molecule has 9 heteroatoms. The summed E-state index contributed by atoms with van der Waals surface area (Å²) in [5, 5.41) is 0. The van der Waals surface area contributed by atoms with Gasteiger partial charge in [0.05, 0.1) is 23.7 Å². The number of amides is 1. The van der Waals surface area contributed by atoms with Crippen molar-refractivity contribution < 1.29 is 38.2 Å². The smallest absolute Gasteiger partial charge is 0.343 e. The second-order valence-corrected chi connectivity index (χ2v) is 8.48. The third kappa shape index (κ3) is 6.31. The average molecular weight is 516 g/mol. The Kier molecular flexibility index (Phi) is 8.27. The number of ketones is 1. The molecule has 9 nitrogen and oxygen atoms in total. The standard InChI is InChI=1S/C29H25NO8/c1-2-36-27(33)21-8-12-23(13-9-21)30-17-22(16-26(30)32)28(34)37-18-25(31)19-10-14-24(15-11-19)38-29(35)20-6-4-3-5-7-20/h3-15,22H,2,16-18H2,1H3/t22-/m1/s1. The topological polar surface area (TPSA) is 116 Å². The number of nitrogens with zero attached hydrogens (tertiary/aromatic N) is 1. The van der Waals surface area contributed by atoms with Crippen molar-refractivity contribution in [2.75, 3.05) is 24.7 Å². The van der Waals surface area contributed by atoms with Crippen molar-refractivity contribution in [1.29, 1.82) is 0 Å². The molecule has 1 aliphatic rings. The van der Waals surface area contributed by atoms with E-state index in [0.717, 1.165) is 0 Å². The van der Waals surface area contributed by atoms with Crippen LogP contribution in [0.4, 0.5) is 5.69 Å². The zero-order valence-corrected chi connectivity index (χ0v) is 20.6. The van der Waals surface area contributed by atoms with E-state index < -0.39 is 36.2 Å². The van der Waals surface area contributed by atoms with Gasteiger partial charge in [-0.3, -0.25) is 14.4 Å². The first-order chi connectivity index (χ1) is 18.4. The Morgan fingerprint density at radius 2 is 1.42 bits per heavy atom. The molecule has 3 aromatic carbocycles. The van der Waals surface area contributed by atoms with Gasteiger partial charge in [0.1, 0.15) is 5.75 Å². The lowest BCUT2D eigenvalue weighted by Gasteiger charge is -2.17. The lowest BCUT2D eigenvalue weighted by Crippen LogP contribution is -2.27. The predicted octanol–water partition coefficient (Wildman–Crippen LogP) is 3.86. The number of Topliss-reactive ketones (excluding diaryl/α,β-unsaturated/α-hetero) is 1. The Hall–Kier alpha value is -4.79. The number of hydrogen-bond donors (Lipinski definition) is 0. The zero-order chi connectivity index (χ0) is 27.1. The molecule has 3 aromatic rings. The van der Waals surface area contributed by atoms with E-state index in [1.807, 2.05) is 0 Å². The highest BCUT2D eigenvalue weighted by Gasteiger charge is 2.36. The van der Waals surface area contributed by atoms with Crippen molar-refractivity contribution in [3.05, 3.63) is 95.6 Å². The van der Waals surface area contributed by atoms with Gasteiger partial charge in [-0.05, 0) is 67.6 Å². The van der Waals surface area contributed by atoms with E-state index >= 15 is 0 Å². The van der Waals surface area contributed by atoms with Crippen molar-refractivity contribution in [2.24, 2.45) is 5.92 Å². The summed E-state index contributed by atoms with van der Waals surface area (Å²) < 4.78 is 15.4. The fourth-order valence-corrected chi connectivity index (χ4v) is 3.89. The maximum Gasteiger partial charge on any atom is 0.343 e. The molecule has 0 unspecified atom stereocenters. The van der Waals surface area contributed by atoms with Gasteiger partial charge in [-0.15, -0.1) is 0 Å². The molecule has 1 aliphatic heterocycles. The van der Waals surface area contributed by atoms with Gasteiger partial charge in [-0.2, -0.15) is 0 Å². The van der Waals surface area contributed by atoms with Crippen LogP contribution in [-0.2, 0) is 19.1 Å². The molecular formula is C29H25NO8. The summed E-state index contributed by atoms with van der Waals surface area (Å²) >= 11 is 0. The number of benzene rings is 3. The number of carbonyl (C=O) groups excluding carboxylic acids is 5. The average Bonchev–Trinajstić information content (AvgIpc) is 3.34. The quantitative estimate of drug-likeness (QED) is 0.240. The van der Waals surface area contributed by atoms with Gasteiger partial charge in [0, 0.05) is 24.2 Å². The van der Waals surface area contributed by atoms with E-state index in [1.54, 1.807) is 61.5 Å². The SMILES string of the molecule is CCOC(=O)c1ccc(N2C[C@H](C(=O)OCC(=O)c3ccc(OC(=O)c4ccccc4)cc3)CC2=O)cc1. The van der Waals surface area contributed by atoms with Crippen molar-refractivity contribution in [3.8, 4) is 5.75 Å². The Morgan fingerprint density at radius 1 is 0.789 bits per heavy atom. The van der Waals surface area contributed by atoms with Crippen LogP contribution in [0.3, 0.4) is 0 Å². The summed E-state index contributed by atoms with van der Waals surface area (Å²) in [5.41, 5.74) is 1.59. The molecule has 194 valence electrons. The maximum atomic E-state index is 12.6. The molecule has 0 aromatic heterocycles. The van der Waals surface area contributed by atoms with Crippen molar-refractivity contribution >= 4 is 35.3 Å². The minimum Gasteiger partial charge on any atom is -0.462 e.